The van der Waals surface area contributed by atoms with E-state index in [1.807, 2.05) is 12.5 Å². The Labute approximate surface area is 283 Å². The summed E-state index contributed by atoms with van der Waals surface area (Å²) in [5.41, 5.74) is 0.500. The second kappa shape index (κ2) is 64.5. The zero-order chi connectivity index (χ0) is 30.6. The van der Waals surface area contributed by atoms with Crippen molar-refractivity contribution in [3.63, 3.8) is 0 Å². The van der Waals surface area contributed by atoms with Gasteiger partial charge in [-0.2, -0.15) is 11.8 Å². The van der Waals surface area contributed by atoms with Gasteiger partial charge in [0.15, 0.2) is 0 Å². The number of rotatable bonds is 0. The number of hydrogen-bond donors (Lipinski definition) is 0. The minimum absolute atomic E-state index is 0. The topological polar surface area (TPSA) is 94.6 Å². The maximum absolute atomic E-state index is 10.2. The normalized spacial score (nSPS) is 7.95. The van der Waals surface area contributed by atoms with E-state index in [-0.39, 0.29) is 65.2 Å². The zero-order valence-electron chi connectivity index (χ0n) is 26.6. The Bertz CT molecular complexity index is 504. The molecule has 0 atom stereocenters. The molecule has 11 heteroatoms. The van der Waals surface area contributed by atoms with E-state index in [4.69, 9.17) is 0 Å². The van der Waals surface area contributed by atoms with E-state index in [1.54, 1.807) is 58.5 Å². The van der Waals surface area contributed by atoms with Crippen molar-refractivity contribution in [1.29, 1.82) is 0 Å². The number of carbonyl (C=O) groups is 1. The lowest BCUT2D eigenvalue weighted by molar-refractivity contribution is -0.115. The molecule has 0 rings (SSSR count). The van der Waals surface area contributed by atoms with Crippen LogP contribution in [0.25, 0.3) is 0 Å². The van der Waals surface area contributed by atoms with E-state index in [1.165, 1.54) is 13.8 Å². The minimum Gasteiger partial charge on any atom is -0.388 e. The molecule has 0 aliphatic carbocycles. The van der Waals surface area contributed by atoms with Gasteiger partial charge < -0.3 is 14.1 Å². The molecule has 0 aliphatic heterocycles. The second-order valence-electron chi connectivity index (χ2n) is 11.5. The summed E-state index contributed by atoms with van der Waals surface area (Å²) in [5, 5.41) is 0. The summed E-state index contributed by atoms with van der Waals surface area (Å²) in [5.74, 6) is 0.167. The van der Waals surface area contributed by atoms with Crippen LogP contribution in [0.3, 0.4) is 0 Å². The van der Waals surface area contributed by atoms with Gasteiger partial charge in [-0.25, -0.2) is 8.42 Å². The summed E-state index contributed by atoms with van der Waals surface area (Å²) in [6.45, 7) is 26.3. The fourth-order valence-electron chi connectivity index (χ4n) is 0. The van der Waals surface area contributed by atoms with E-state index in [0.717, 1.165) is 12.5 Å². The monoisotopic (exact) mass is 719 g/mol. The summed E-state index contributed by atoms with van der Waals surface area (Å²) in [4.78, 5) is 9.44. The number of methoxy groups -OCH3 is 1. The Morgan fingerprint density at radius 2 is 0.738 bits per heavy atom. The Morgan fingerprint density at radius 3 is 0.738 bits per heavy atom. The molecule has 0 aromatic carbocycles. The van der Waals surface area contributed by atoms with Gasteiger partial charge in [-0.3, -0.25) is 4.21 Å². The molecule has 0 aromatic heterocycles. The number of sulfone groups is 1. The minimum atomic E-state index is -2.67. The molecule has 0 saturated carbocycles. The van der Waals surface area contributed by atoms with Crippen LogP contribution in [0.15, 0.2) is 0 Å². The molecule has 0 N–H and O–H groups in total. The van der Waals surface area contributed by atoms with Crippen molar-refractivity contribution in [2.45, 2.75) is 127 Å². The van der Waals surface area contributed by atoms with Crippen LogP contribution in [0.2, 0.25) is 26.2 Å². The second-order valence-corrected chi connectivity index (χ2v) is 25.9. The summed E-state index contributed by atoms with van der Waals surface area (Å²) < 4.78 is 43.3. The Kier molecular flexibility index (Phi) is 160. The lowest BCUT2D eigenvalue weighted by Crippen LogP contribution is -2.10. The first-order valence-electron chi connectivity index (χ1n) is 10.5. The van der Waals surface area contributed by atoms with Crippen LogP contribution in [0.4, 0.5) is 0 Å². The number of thioether (sulfide) groups is 1. The highest BCUT2D eigenvalue weighted by Crippen LogP contribution is 2.28. The molecule has 0 bridgehead atoms. The van der Waals surface area contributed by atoms with E-state index in [0.29, 0.717) is 5.41 Å². The molecule has 0 aliphatic rings. The van der Waals surface area contributed by atoms with Crippen molar-refractivity contribution < 1.29 is 26.7 Å². The number of carbonyl (C=O) groups excluding carboxylic acids is 1. The predicted octanol–water partition coefficient (Wildman–Crippen LogP) is 11.8. The third kappa shape index (κ3) is 228000. The van der Waals surface area contributed by atoms with Crippen LogP contribution in [-0.4, -0.2) is 98.2 Å². The van der Waals surface area contributed by atoms with E-state index in [2.05, 4.69) is 58.6 Å². The first-order valence-corrected chi connectivity index (χ1v) is 23.4. The molecule has 0 aromatic rings. The highest BCUT2D eigenvalue weighted by Gasteiger charge is 1.99. The van der Waals surface area contributed by atoms with Gasteiger partial charge in [0, 0.05) is 58.1 Å². The van der Waals surface area contributed by atoms with Crippen LogP contribution in [0, 0.1) is 5.41 Å². The number of Topliss-reactive ketones (excluding diaryl/α,β-unsaturated/α-hetero) is 1. The van der Waals surface area contributed by atoms with Crippen LogP contribution in [-0.2, 0) is 34.7 Å². The van der Waals surface area contributed by atoms with Crippen molar-refractivity contribution in [2.75, 3.05) is 71.7 Å². The summed E-state index contributed by atoms with van der Waals surface area (Å²) in [6, 6.07) is 0. The van der Waals surface area contributed by atoms with Crippen molar-refractivity contribution in [1.82, 2.24) is 0 Å². The van der Waals surface area contributed by atoms with E-state index < -0.39 is 35.9 Å². The third-order valence-corrected chi connectivity index (χ3v) is 0. The maximum Gasteiger partial charge on any atom is 0.144 e. The number of ether oxygens (including phenoxy) is 1. The molecule has 0 amide bonds. The van der Waals surface area contributed by atoms with Gasteiger partial charge in [0.1, 0.15) is 15.6 Å². The molecule has 282 valence electrons. The van der Waals surface area contributed by atoms with Gasteiger partial charge >= 0.3 is 0 Å². The Balaban J connectivity index is -0.0000000129. The molecule has 42 heavy (non-hydrogen) atoms. The van der Waals surface area contributed by atoms with Gasteiger partial charge in [-0.15, -0.1) is 0 Å². The Morgan fingerprint density at radius 1 is 0.738 bits per heavy atom. The average molecular weight is 719 g/mol. The zero-order valence-corrected chi connectivity index (χ0v) is 31.0. The van der Waals surface area contributed by atoms with E-state index in [9.17, 15) is 22.0 Å². The average Bonchev–Trinajstić information content (AvgIpc) is 2.28. The summed E-state index contributed by atoms with van der Waals surface area (Å²) in [7, 11) is -2.28. The first kappa shape index (κ1) is 104. The lowest BCUT2D eigenvalue weighted by atomic mass is 10.0. The molecule has 0 heterocycles. The largest absolute Gasteiger partial charge is 0.388 e. The SMILES string of the molecule is C.C.C.C.C.C.C.C.CC(C)(C)C.CC(C)=O.COC.CP(C)(C)=O.CS(C)(=O)=O.CS(C)=O.CSC.C[Si](C)(C)C. The smallest absolute Gasteiger partial charge is 0.144 e. The molecule has 0 radical (unpaired) electrons. The van der Waals surface area contributed by atoms with E-state index >= 15 is 0 Å². The predicted molar refractivity (Wildman–Crippen MR) is 223 cm³/mol. The molecule has 6 nitrogen and oxygen atoms in total. The van der Waals surface area contributed by atoms with Crippen molar-refractivity contribution in [3.05, 3.63) is 0 Å². The van der Waals surface area contributed by atoms with Crippen molar-refractivity contribution >= 4 is 53.4 Å². The molecule has 0 spiro atoms. The highest BCUT2D eigenvalue weighted by molar-refractivity contribution is 7.97. The number of ketones is 1. The molecular weight excluding hydrogens is 624 g/mol. The molecule has 0 saturated heterocycles. The van der Waals surface area contributed by atoms with Crippen molar-refractivity contribution in [2.24, 2.45) is 5.41 Å². The fourth-order valence-corrected chi connectivity index (χ4v) is 0. The van der Waals surface area contributed by atoms with Crippen LogP contribution >= 0.6 is 18.9 Å². The molecule has 0 unspecified atom stereocenters. The number of hydrogen-bond acceptors (Lipinski definition) is 7. The highest BCUT2D eigenvalue weighted by atomic mass is 32.2. The summed E-state index contributed by atoms with van der Waals surface area (Å²) >= 11 is 1.75. The van der Waals surface area contributed by atoms with Gasteiger partial charge in [0.05, 0.1) is 7.14 Å². The lowest BCUT2D eigenvalue weighted by Gasteiger charge is -2.05. The van der Waals surface area contributed by atoms with Gasteiger partial charge in [-0.1, -0.05) is 113 Å². The van der Waals surface area contributed by atoms with Gasteiger partial charge in [0.2, 0.25) is 0 Å². The summed E-state index contributed by atoms with van der Waals surface area (Å²) in [6.07, 6.45) is 9.68. The van der Waals surface area contributed by atoms with Gasteiger partial charge in [0.25, 0.3) is 0 Å². The standard InChI is InChI=1S/C5H12.C4H12Si.C3H9OP.C3H6O.C2H6O2S.C2H6OS.C2H6O.C2H6S.8CH4/c3*1-5(2,3)4;1-3(2)4;1-5(2,3)4;1-4(2)3;2*1-3-2;;;;;;;;/h2*1-4H3;1-3H3;1-2H3;1-2H3;1-2H3;2*1-2H3;8*1H4. The molecule has 0 fully saturated rings. The van der Waals surface area contributed by atoms with Gasteiger partial charge in [-0.05, 0) is 51.8 Å². The van der Waals surface area contributed by atoms with Crippen LogP contribution in [0.5, 0.6) is 0 Å². The molecular formula is C31H95O6PS3Si. The fraction of sp³-hybridized carbons (Fsp3) is 0.968. The Hall–Kier alpha value is 0.527. The third-order valence-electron chi connectivity index (χ3n) is 0. The first-order chi connectivity index (χ1) is 14.3. The van der Waals surface area contributed by atoms with Crippen LogP contribution in [0.1, 0.15) is 101 Å². The van der Waals surface area contributed by atoms with Crippen LogP contribution < -0.4 is 0 Å². The van der Waals surface area contributed by atoms with Crippen molar-refractivity contribution in [3.8, 4) is 0 Å². The maximum atomic E-state index is 10.2. The quantitative estimate of drug-likeness (QED) is 0.182.